The third-order valence-electron chi connectivity index (χ3n) is 3.01. The van der Waals surface area contributed by atoms with Crippen LogP contribution in [0.4, 0.5) is 0 Å². The van der Waals surface area contributed by atoms with Crippen LogP contribution < -0.4 is 0 Å². The number of ether oxygens (including phenoxy) is 2. The molecule has 0 aromatic carbocycles. The third kappa shape index (κ3) is 4.53. The molecule has 0 spiro atoms. The fourth-order valence-corrected chi connectivity index (χ4v) is 3.09. The van der Waals surface area contributed by atoms with Gasteiger partial charge < -0.3 is 9.47 Å². The van der Waals surface area contributed by atoms with Crippen molar-refractivity contribution in [1.29, 1.82) is 0 Å². The van der Waals surface area contributed by atoms with Crippen LogP contribution in [0.15, 0.2) is 4.99 Å². The number of nitrogens with zero attached hydrogens (tertiary/aromatic N) is 1. The van der Waals surface area contributed by atoms with E-state index in [0.717, 1.165) is 5.04 Å². The minimum atomic E-state index is -0.424. The van der Waals surface area contributed by atoms with Crippen molar-refractivity contribution < 1.29 is 19.1 Å². The predicted octanol–water partition coefficient (Wildman–Crippen LogP) is 1.90. The van der Waals surface area contributed by atoms with Crippen molar-refractivity contribution in [1.82, 2.24) is 0 Å². The summed E-state index contributed by atoms with van der Waals surface area (Å²) < 4.78 is 9.61. The first-order valence-corrected chi connectivity index (χ1v) is 7.42. The summed E-state index contributed by atoms with van der Waals surface area (Å²) >= 11 is 1.36. The Labute approximate surface area is 118 Å². The van der Waals surface area contributed by atoms with E-state index in [4.69, 9.17) is 4.74 Å². The lowest BCUT2D eigenvalue weighted by Gasteiger charge is -2.16. The van der Waals surface area contributed by atoms with Crippen LogP contribution in [0.25, 0.3) is 0 Å². The summed E-state index contributed by atoms with van der Waals surface area (Å²) in [7, 11) is 1.36. The van der Waals surface area contributed by atoms with Gasteiger partial charge in [-0.3, -0.25) is 9.79 Å². The van der Waals surface area contributed by atoms with E-state index in [2.05, 4.69) is 23.6 Å². The predicted molar refractivity (Wildman–Crippen MR) is 75.3 cm³/mol. The van der Waals surface area contributed by atoms with Crippen LogP contribution in [-0.2, 0) is 19.1 Å². The van der Waals surface area contributed by atoms with Crippen LogP contribution in [0.2, 0.25) is 0 Å². The highest BCUT2D eigenvalue weighted by Crippen LogP contribution is 2.32. The molecule has 0 amide bonds. The van der Waals surface area contributed by atoms with Crippen molar-refractivity contribution in [2.45, 2.75) is 33.2 Å². The monoisotopic (exact) mass is 287 g/mol. The number of esters is 2. The van der Waals surface area contributed by atoms with Gasteiger partial charge >= 0.3 is 11.9 Å². The Morgan fingerprint density at radius 3 is 2.68 bits per heavy atom. The lowest BCUT2D eigenvalue weighted by atomic mass is 9.93. The van der Waals surface area contributed by atoms with Crippen LogP contribution in [0.1, 0.15) is 27.2 Å². The van der Waals surface area contributed by atoms with E-state index in [0.29, 0.717) is 18.9 Å². The number of carbonyl (C=O) groups excluding carboxylic acids is 2. The Kier molecular flexibility index (Phi) is 6.34. The maximum Gasteiger partial charge on any atom is 0.330 e. The number of hydrogen-bond acceptors (Lipinski definition) is 6. The first-order chi connectivity index (χ1) is 8.99. The molecule has 108 valence electrons. The van der Waals surface area contributed by atoms with Crippen molar-refractivity contribution in [3.05, 3.63) is 0 Å². The summed E-state index contributed by atoms with van der Waals surface area (Å²) in [5, 5.41) is 0.860. The molecule has 0 aliphatic carbocycles. The molecule has 19 heavy (non-hydrogen) atoms. The fourth-order valence-electron chi connectivity index (χ4n) is 1.92. The zero-order valence-corrected chi connectivity index (χ0v) is 12.7. The number of hydrogen-bond donors (Lipinski definition) is 0. The van der Waals surface area contributed by atoms with Crippen LogP contribution >= 0.6 is 11.8 Å². The van der Waals surface area contributed by atoms with Gasteiger partial charge in [0.2, 0.25) is 0 Å². The van der Waals surface area contributed by atoms with Gasteiger partial charge in [0.1, 0.15) is 6.04 Å². The van der Waals surface area contributed by atoms with Crippen LogP contribution in [0.3, 0.4) is 0 Å². The molecule has 0 aromatic heterocycles. The van der Waals surface area contributed by atoms with Gasteiger partial charge in [-0.15, -0.1) is 0 Å². The first kappa shape index (κ1) is 16.0. The Bertz CT molecular complexity index is 368. The van der Waals surface area contributed by atoms with Gasteiger partial charge in [0.05, 0.1) is 24.5 Å². The summed E-state index contributed by atoms with van der Waals surface area (Å²) in [6.45, 7) is 6.32. The van der Waals surface area contributed by atoms with E-state index in [1.165, 1.54) is 18.9 Å². The standard InChI is InChI=1S/C13H21NO4S/c1-5-18-13(16)10-6-9(8(2)3)12(14-10)19-7-11(15)17-4/h8-10H,5-7H2,1-4H3/t9-,10+/m0/s1. The van der Waals surface area contributed by atoms with Crippen LogP contribution in [-0.4, -0.2) is 42.5 Å². The summed E-state index contributed by atoms with van der Waals surface area (Å²) in [4.78, 5) is 27.3. The van der Waals surface area contributed by atoms with Gasteiger partial charge in [0.25, 0.3) is 0 Å². The van der Waals surface area contributed by atoms with Crippen molar-refractivity contribution in [3.63, 3.8) is 0 Å². The topological polar surface area (TPSA) is 65.0 Å². The Morgan fingerprint density at radius 1 is 1.47 bits per heavy atom. The summed E-state index contributed by atoms with van der Waals surface area (Å²) in [5.41, 5.74) is 0. The Balaban J connectivity index is 2.68. The number of aliphatic imine (C=N–C) groups is 1. The normalized spacial score (nSPS) is 22.3. The Hall–Kier alpha value is -1.04. The smallest absolute Gasteiger partial charge is 0.330 e. The Morgan fingerprint density at radius 2 is 2.16 bits per heavy atom. The molecular weight excluding hydrogens is 266 g/mol. The minimum Gasteiger partial charge on any atom is -0.468 e. The highest BCUT2D eigenvalue weighted by atomic mass is 32.2. The van der Waals surface area contributed by atoms with Gasteiger partial charge in [0, 0.05) is 5.92 Å². The first-order valence-electron chi connectivity index (χ1n) is 6.43. The second-order valence-electron chi connectivity index (χ2n) is 4.69. The summed E-state index contributed by atoms with van der Waals surface area (Å²) in [6.07, 6.45) is 0.667. The highest BCUT2D eigenvalue weighted by Gasteiger charge is 2.35. The average Bonchev–Trinajstić information content (AvgIpc) is 2.80. The lowest BCUT2D eigenvalue weighted by Crippen LogP contribution is -2.22. The molecule has 0 saturated carbocycles. The highest BCUT2D eigenvalue weighted by molar-refractivity contribution is 8.14. The second kappa shape index (κ2) is 7.53. The SMILES string of the molecule is CCOC(=O)[C@H]1C[C@@H](C(C)C)C(SCC(=O)OC)=N1. The molecule has 0 aromatic rings. The molecule has 0 bridgehead atoms. The van der Waals surface area contributed by atoms with E-state index in [9.17, 15) is 9.59 Å². The van der Waals surface area contributed by atoms with Crippen molar-refractivity contribution in [2.24, 2.45) is 16.8 Å². The van der Waals surface area contributed by atoms with E-state index < -0.39 is 6.04 Å². The van der Waals surface area contributed by atoms with Gasteiger partial charge in [-0.1, -0.05) is 25.6 Å². The lowest BCUT2D eigenvalue weighted by molar-refractivity contribution is -0.144. The maximum atomic E-state index is 11.7. The van der Waals surface area contributed by atoms with Gasteiger partial charge in [-0.25, -0.2) is 4.79 Å². The third-order valence-corrected chi connectivity index (χ3v) is 4.09. The van der Waals surface area contributed by atoms with Gasteiger partial charge in [-0.05, 0) is 19.3 Å². The molecular formula is C13H21NO4S. The molecule has 0 radical (unpaired) electrons. The quantitative estimate of drug-likeness (QED) is 0.723. The number of thioether (sulfide) groups is 1. The zero-order chi connectivity index (χ0) is 14.4. The molecule has 0 N–H and O–H groups in total. The molecule has 0 saturated heterocycles. The molecule has 0 unspecified atom stereocenters. The number of rotatable bonds is 5. The van der Waals surface area contributed by atoms with Crippen molar-refractivity contribution in [2.75, 3.05) is 19.5 Å². The van der Waals surface area contributed by atoms with E-state index >= 15 is 0 Å². The van der Waals surface area contributed by atoms with Crippen molar-refractivity contribution >= 4 is 28.7 Å². The number of carbonyl (C=O) groups is 2. The molecule has 1 aliphatic heterocycles. The average molecular weight is 287 g/mol. The van der Waals surface area contributed by atoms with E-state index in [-0.39, 0.29) is 23.6 Å². The van der Waals surface area contributed by atoms with Gasteiger partial charge in [0.15, 0.2) is 0 Å². The molecule has 2 atom stereocenters. The fraction of sp³-hybridized carbons (Fsp3) is 0.769. The molecule has 5 nitrogen and oxygen atoms in total. The van der Waals surface area contributed by atoms with E-state index in [1.54, 1.807) is 6.92 Å². The van der Waals surface area contributed by atoms with Crippen LogP contribution in [0, 0.1) is 11.8 Å². The van der Waals surface area contributed by atoms with Crippen molar-refractivity contribution in [3.8, 4) is 0 Å². The van der Waals surface area contributed by atoms with Crippen LogP contribution in [0.5, 0.6) is 0 Å². The molecule has 0 fully saturated rings. The zero-order valence-electron chi connectivity index (χ0n) is 11.8. The van der Waals surface area contributed by atoms with Gasteiger partial charge in [-0.2, -0.15) is 0 Å². The number of methoxy groups -OCH3 is 1. The maximum absolute atomic E-state index is 11.7. The second-order valence-corrected chi connectivity index (χ2v) is 5.68. The minimum absolute atomic E-state index is 0.212. The summed E-state index contributed by atoms with van der Waals surface area (Å²) in [5.74, 6) is 0.262. The summed E-state index contributed by atoms with van der Waals surface area (Å²) in [6, 6.07) is -0.424. The molecule has 1 aliphatic rings. The largest absolute Gasteiger partial charge is 0.468 e. The molecule has 6 heteroatoms. The van der Waals surface area contributed by atoms with E-state index in [1.807, 2.05) is 0 Å². The molecule has 1 heterocycles. The molecule has 1 rings (SSSR count).